The third kappa shape index (κ3) is 2.54. The van der Waals surface area contributed by atoms with E-state index in [-0.39, 0.29) is 5.41 Å². The maximum absolute atomic E-state index is 11.8. The molecule has 0 heterocycles. The van der Waals surface area contributed by atoms with E-state index in [1.807, 2.05) is 12.1 Å². The number of benzene rings is 1. The van der Waals surface area contributed by atoms with Gasteiger partial charge in [-0.2, -0.15) is 5.48 Å². The zero-order chi connectivity index (χ0) is 14.0. The van der Waals surface area contributed by atoms with Crippen LogP contribution in [0.4, 0.5) is 11.4 Å². The normalized spacial score (nSPS) is 16.0. The lowest BCUT2D eigenvalue weighted by Crippen LogP contribution is -2.76. The second-order valence-corrected chi connectivity index (χ2v) is 4.97. The Labute approximate surface area is 112 Å². The maximum atomic E-state index is 11.8. The van der Waals surface area contributed by atoms with Gasteiger partial charge in [-0.3, -0.25) is 0 Å². The van der Waals surface area contributed by atoms with E-state index in [0.717, 1.165) is 24.1 Å². The van der Waals surface area contributed by atoms with Crippen molar-refractivity contribution in [3.63, 3.8) is 0 Å². The van der Waals surface area contributed by atoms with E-state index in [1.54, 1.807) is 12.6 Å². The average molecular weight is 268 g/mol. The molecular formula is C13H20N2O4+2. The van der Waals surface area contributed by atoms with Gasteiger partial charge in [0.15, 0.2) is 7.11 Å². The number of nitrogens with zero attached hydrogens (tertiary/aromatic N) is 1. The second kappa shape index (κ2) is 5.14. The standard InChI is InChI=1S/C13H19N2O4/c1-13(5-6-13)9-7-10(14-18-3)12(17-2)11(8-9)15(16)19-4/h7-8,14H,5-6H2,1-4H3/q+1/p+1. The summed E-state index contributed by atoms with van der Waals surface area (Å²) in [6.07, 6.45) is 2.24. The molecule has 6 nitrogen and oxygen atoms in total. The zero-order valence-corrected chi connectivity index (χ0v) is 11.7. The number of ether oxygens (including phenoxy) is 1. The predicted octanol–water partition coefficient (Wildman–Crippen LogP) is 1.47. The van der Waals surface area contributed by atoms with E-state index in [1.165, 1.54) is 14.2 Å². The number of quaternary nitrogens is 1. The highest BCUT2D eigenvalue weighted by Gasteiger charge is 2.42. The monoisotopic (exact) mass is 268 g/mol. The molecule has 1 fully saturated rings. The summed E-state index contributed by atoms with van der Waals surface area (Å²) in [5.41, 5.74) is 3.92. The number of hydrogen-bond acceptors (Lipinski definition) is 4. The quantitative estimate of drug-likeness (QED) is 0.627. The lowest BCUT2D eigenvalue weighted by molar-refractivity contribution is -0.830. The first-order valence-corrected chi connectivity index (χ1v) is 6.15. The molecule has 0 bridgehead atoms. The largest absolute Gasteiger partial charge is 0.486 e. The van der Waals surface area contributed by atoms with Gasteiger partial charge in [0.05, 0.1) is 19.1 Å². The van der Waals surface area contributed by atoms with Crippen molar-refractivity contribution in [2.45, 2.75) is 25.2 Å². The van der Waals surface area contributed by atoms with Crippen LogP contribution in [0.15, 0.2) is 12.1 Å². The van der Waals surface area contributed by atoms with Crippen LogP contribution < -0.4 is 10.2 Å². The molecule has 0 aromatic heterocycles. The summed E-state index contributed by atoms with van der Waals surface area (Å²) in [5, 5.41) is 0. The third-order valence-corrected chi connectivity index (χ3v) is 3.61. The van der Waals surface area contributed by atoms with Crippen LogP contribution in [0, 0.1) is 4.91 Å². The Balaban J connectivity index is 2.55. The number of rotatable bonds is 6. The number of nitrogens with two attached hydrogens (primary N) is 1. The van der Waals surface area contributed by atoms with Gasteiger partial charge in [0, 0.05) is 12.1 Å². The first kappa shape index (κ1) is 13.8. The molecular weight excluding hydrogens is 248 g/mol. The summed E-state index contributed by atoms with van der Waals surface area (Å²) in [5.74, 6) is 0.451. The lowest BCUT2D eigenvalue weighted by Gasteiger charge is -2.11. The summed E-state index contributed by atoms with van der Waals surface area (Å²) < 4.78 is 5.31. The third-order valence-electron chi connectivity index (χ3n) is 3.61. The molecule has 0 amide bonds. The molecule has 1 aliphatic rings. The fraction of sp³-hybridized carbons (Fsp3) is 0.538. The second-order valence-electron chi connectivity index (χ2n) is 4.97. The Morgan fingerprint density at radius 1 is 1.26 bits per heavy atom. The summed E-state index contributed by atoms with van der Waals surface area (Å²) in [6, 6.07) is 3.83. The Bertz CT molecular complexity index is 498. The van der Waals surface area contributed by atoms with E-state index < -0.39 is 0 Å². The van der Waals surface area contributed by atoms with E-state index >= 15 is 0 Å². The minimum atomic E-state index is 0.145. The van der Waals surface area contributed by atoms with Crippen LogP contribution in [-0.4, -0.2) is 26.3 Å². The van der Waals surface area contributed by atoms with Gasteiger partial charge >= 0.3 is 5.69 Å². The lowest BCUT2D eigenvalue weighted by atomic mass is 9.97. The number of methoxy groups -OCH3 is 1. The zero-order valence-electron chi connectivity index (χ0n) is 11.7. The van der Waals surface area contributed by atoms with E-state index in [4.69, 9.17) is 14.4 Å². The fourth-order valence-electron chi connectivity index (χ4n) is 2.13. The molecule has 0 radical (unpaired) electrons. The molecule has 1 aromatic carbocycles. The Morgan fingerprint density at radius 3 is 2.42 bits per heavy atom. The Kier molecular flexibility index (Phi) is 3.73. The minimum absolute atomic E-state index is 0.145. The molecule has 6 heteroatoms. The molecule has 1 aliphatic carbocycles. The molecule has 0 atom stereocenters. The van der Waals surface area contributed by atoms with Gasteiger partial charge in [0.2, 0.25) is 5.69 Å². The van der Waals surface area contributed by atoms with Crippen molar-refractivity contribution in [1.82, 2.24) is 0 Å². The average Bonchev–Trinajstić information content (AvgIpc) is 3.16. The molecule has 104 valence electrons. The van der Waals surface area contributed by atoms with Crippen LogP contribution in [0.2, 0.25) is 0 Å². The van der Waals surface area contributed by atoms with Crippen LogP contribution in [0.5, 0.6) is 5.75 Å². The Morgan fingerprint density at radius 2 is 1.95 bits per heavy atom. The molecule has 0 saturated heterocycles. The van der Waals surface area contributed by atoms with Crippen molar-refractivity contribution in [3.05, 3.63) is 22.6 Å². The van der Waals surface area contributed by atoms with E-state index in [2.05, 4.69) is 6.92 Å². The molecule has 2 rings (SSSR count). The molecule has 0 spiro atoms. The van der Waals surface area contributed by atoms with Crippen LogP contribution in [0.25, 0.3) is 0 Å². The van der Waals surface area contributed by atoms with Crippen molar-refractivity contribution < 1.29 is 24.8 Å². The summed E-state index contributed by atoms with van der Waals surface area (Å²) >= 11 is 0. The minimum Gasteiger partial charge on any atom is -0.486 e. The van der Waals surface area contributed by atoms with Crippen LogP contribution in [0.3, 0.4) is 0 Å². The molecule has 1 aromatic rings. The van der Waals surface area contributed by atoms with Gasteiger partial charge in [-0.05, 0) is 23.8 Å². The highest BCUT2D eigenvalue weighted by Crippen LogP contribution is 2.50. The van der Waals surface area contributed by atoms with Crippen molar-refractivity contribution in [1.29, 1.82) is 0 Å². The van der Waals surface area contributed by atoms with Gasteiger partial charge in [0.25, 0.3) is 10.7 Å². The van der Waals surface area contributed by atoms with E-state index in [0.29, 0.717) is 16.4 Å². The van der Waals surface area contributed by atoms with Gasteiger partial charge in [0.1, 0.15) is 0 Å². The maximum Gasteiger partial charge on any atom is 0.364 e. The molecule has 1 saturated carbocycles. The number of hydrogen-bond donors (Lipinski definition) is 1. The van der Waals surface area contributed by atoms with Gasteiger partial charge in [-0.25, -0.2) is 9.68 Å². The SMILES string of the molecule is CO[NH2+]c1cc(C2(C)CC2)cc([N+](=O)OC)c1OC. The van der Waals surface area contributed by atoms with Gasteiger partial charge in [-0.15, -0.1) is 0 Å². The predicted molar refractivity (Wildman–Crippen MR) is 68.5 cm³/mol. The Hall–Kier alpha value is -1.66. The van der Waals surface area contributed by atoms with Crippen molar-refractivity contribution in [2.75, 3.05) is 21.3 Å². The summed E-state index contributed by atoms with van der Waals surface area (Å²) in [6.45, 7) is 2.18. The van der Waals surface area contributed by atoms with Crippen molar-refractivity contribution in [3.8, 4) is 5.75 Å². The first-order valence-electron chi connectivity index (χ1n) is 6.15. The van der Waals surface area contributed by atoms with E-state index in [9.17, 15) is 4.91 Å². The fourth-order valence-corrected chi connectivity index (χ4v) is 2.13. The van der Waals surface area contributed by atoms with Crippen LogP contribution in [0.1, 0.15) is 25.3 Å². The molecule has 0 unspecified atom stereocenters. The highest BCUT2D eigenvalue weighted by atomic mass is 16.8. The van der Waals surface area contributed by atoms with Gasteiger partial charge < -0.3 is 4.74 Å². The molecule has 19 heavy (non-hydrogen) atoms. The van der Waals surface area contributed by atoms with Crippen LogP contribution in [-0.2, 0) is 15.1 Å². The van der Waals surface area contributed by atoms with Crippen molar-refractivity contribution >= 4 is 11.4 Å². The van der Waals surface area contributed by atoms with Crippen LogP contribution >= 0.6 is 0 Å². The van der Waals surface area contributed by atoms with Gasteiger partial charge in [-0.1, -0.05) is 6.92 Å². The highest BCUT2D eigenvalue weighted by molar-refractivity contribution is 5.62. The topological polar surface area (TPSA) is 64.4 Å². The summed E-state index contributed by atoms with van der Waals surface area (Å²) in [4.78, 5) is 22.1. The first-order chi connectivity index (χ1) is 9.05. The summed E-state index contributed by atoms with van der Waals surface area (Å²) in [7, 11) is 4.42. The molecule has 0 aliphatic heterocycles. The smallest absolute Gasteiger partial charge is 0.364 e. The van der Waals surface area contributed by atoms with Crippen molar-refractivity contribution in [2.24, 2.45) is 0 Å². The molecule has 2 N–H and O–H groups in total.